The third-order valence-electron chi connectivity index (χ3n) is 2.62. The monoisotopic (exact) mass is 322 g/mol. The summed E-state index contributed by atoms with van der Waals surface area (Å²) in [5.41, 5.74) is 0. The van der Waals surface area contributed by atoms with Gasteiger partial charge < -0.3 is 19.7 Å². The van der Waals surface area contributed by atoms with E-state index in [2.05, 4.69) is 14.2 Å². The molecule has 11 nitrogen and oxygen atoms in total. The molecule has 19 heavy (non-hydrogen) atoms. The van der Waals surface area contributed by atoms with Crippen molar-refractivity contribution >= 4 is 20.2 Å². The summed E-state index contributed by atoms with van der Waals surface area (Å²) in [4.78, 5) is 0. The van der Waals surface area contributed by atoms with E-state index < -0.39 is 55.9 Å². The first kappa shape index (κ1) is 15.0. The topological polar surface area (TPSA) is 183 Å². The molecule has 2 rings (SSSR count). The Hall–Kier alpha value is -0.380. The summed E-state index contributed by atoms with van der Waals surface area (Å²) >= 11 is 0. The zero-order valence-electron chi connectivity index (χ0n) is 9.03. The number of epoxide rings is 2. The van der Waals surface area contributed by atoms with Crippen molar-refractivity contribution in [2.24, 2.45) is 0 Å². The molecule has 0 aromatic carbocycles. The number of hydrogen-bond donors (Lipinski definition) is 4. The van der Waals surface area contributed by atoms with E-state index in [1.165, 1.54) is 0 Å². The number of ether oxygens (including phenoxy) is 3. The number of rotatable bonds is 6. The van der Waals surface area contributed by atoms with Gasteiger partial charge >= 0.3 is 30.5 Å². The Labute approximate surface area is 107 Å². The minimum absolute atomic E-state index is 0.898. The fourth-order valence-corrected chi connectivity index (χ4v) is 3.36. The summed E-state index contributed by atoms with van der Waals surface area (Å²) in [6.07, 6.45) is -3.10. The minimum Gasteiger partial charge on any atom is -0.393 e. The highest BCUT2D eigenvalue weighted by Gasteiger charge is 2.80. The maximum absolute atomic E-state index is 11.1. The van der Waals surface area contributed by atoms with Gasteiger partial charge in [-0.25, -0.2) is 0 Å². The highest BCUT2D eigenvalue weighted by molar-refractivity contribution is 7.88. The summed E-state index contributed by atoms with van der Waals surface area (Å²) in [7, 11) is -10.2. The van der Waals surface area contributed by atoms with E-state index in [0.717, 1.165) is 0 Å². The van der Waals surface area contributed by atoms with Crippen molar-refractivity contribution in [1.82, 2.24) is 0 Å². The first-order valence-electron chi connectivity index (χ1n) is 4.75. The Kier molecular flexibility index (Phi) is 3.21. The number of aliphatic hydroxyl groups excluding tert-OH is 2. The molecule has 2 saturated heterocycles. The van der Waals surface area contributed by atoms with Crippen LogP contribution in [0.3, 0.4) is 0 Å². The largest absolute Gasteiger partial charge is 0.393 e. The maximum atomic E-state index is 11.1. The van der Waals surface area contributed by atoms with E-state index in [1.807, 2.05) is 0 Å². The van der Waals surface area contributed by atoms with Gasteiger partial charge in [0.1, 0.15) is 0 Å². The zero-order valence-corrected chi connectivity index (χ0v) is 10.7. The van der Waals surface area contributed by atoms with E-state index in [1.54, 1.807) is 0 Å². The first-order chi connectivity index (χ1) is 8.54. The normalized spacial score (nSPS) is 42.1. The van der Waals surface area contributed by atoms with E-state index >= 15 is 0 Å². The molecule has 2 fully saturated rings. The Morgan fingerprint density at radius 2 is 1.21 bits per heavy atom. The van der Waals surface area contributed by atoms with Gasteiger partial charge in [0.05, 0.1) is 13.2 Å². The molecule has 4 atom stereocenters. The van der Waals surface area contributed by atoms with Gasteiger partial charge in [0, 0.05) is 0 Å². The molecule has 13 heteroatoms. The predicted molar refractivity (Wildman–Crippen MR) is 53.6 cm³/mol. The van der Waals surface area contributed by atoms with Crippen molar-refractivity contribution in [3.63, 3.8) is 0 Å². The molecule has 0 radical (unpaired) electrons. The van der Waals surface area contributed by atoms with Crippen molar-refractivity contribution in [2.45, 2.75) is 22.4 Å². The van der Waals surface area contributed by atoms with Crippen LogP contribution in [0.2, 0.25) is 0 Å². The number of aliphatic hydroxyl groups is 2. The quantitative estimate of drug-likeness (QED) is 0.286. The van der Waals surface area contributed by atoms with E-state index in [9.17, 15) is 16.8 Å². The number of hydrogen-bond acceptors (Lipinski definition) is 9. The molecule has 0 bridgehead atoms. The molecule has 4 N–H and O–H groups in total. The van der Waals surface area contributed by atoms with Crippen LogP contribution < -0.4 is 0 Å². The second-order valence-electron chi connectivity index (χ2n) is 3.84. The predicted octanol–water partition coefficient (Wildman–Crippen LogP) is -3.13. The lowest BCUT2D eigenvalue weighted by molar-refractivity contribution is -0.0705. The molecule has 2 aliphatic rings. The zero-order chi connectivity index (χ0) is 14.7. The van der Waals surface area contributed by atoms with Gasteiger partial charge in [0.2, 0.25) is 0 Å². The average Bonchev–Trinajstić information content (AvgIpc) is 3.11. The molecule has 112 valence electrons. The minimum atomic E-state index is -5.08. The Bertz CT molecular complexity index is 528. The summed E-state index contributed by atoms with van der Waals surface area (Å²) in [5.74, 6) is 0. The summed E-state index contributed by atoms with van der Waals surface area (Å²) in [5, 5.41) is 11.8. The van der Waals surface area contributed by atoms with Crippen LogP contribution in [0.4, 0.5) is 0 Å². The molecule has 0 amide bonds. The Morgan fingerprint density at radius 1 is 0.895 bits per heavy atom. The van der Waals surface area contributed by atoms with Crippen LogP contribution in [0, 0.1) is 0 Å². The van der Waals surface area contributed by atoms with Gasteiger partial charge in [-0.1, -0.05) is 0 Å². The molecule has 0 spiro atoms. The van der Waals surface area contributed by atoms with Crippen molar-refractivity contribution in [2.75, 3.05) is 13.2 Å². The lowest BCUT2D eigenvalue weighted by Crippen LogP contribution is -2.42. The van der Waals surface area contributed by atoms with Crippen molar-refractivity contribution in [3.8, 4) is 0 Å². The van der Waals surface area contributed by atoms with Crippen LogP contribution in [-0.2, 0) is 34.4 Å². The molecule has 0 saturated carbocycles. The van der Waals surface area contributed by atoms with Gasteiger partial charge in [-0.3, -0.25) is 13.8 Å². The van der Waals surface area contributed by atoms with Crippen molar-refractivity contribution in [1.29, 1.82) is 0 Å². The van der Waals surface area contributed by atoms with Crippen molar-refractivity contribution in [3.05, 3.63) is 0 Å². The molecule has 0 aromatic heterocycles. The fourth-order valence-electron chi connectivity index (χ4n) is 1.56. The molecule has 4 unspecified atom stereocenters. The molecular formula is C6H10O11S2. The Morgan fingerprint density at radius 3 is 1.37 bits per heavy atom. The highest BCUT2D eigenvalue weighted by atomic mass is 32.2. The lowest BCUT2D eigenvalue weighted by Gasteiger charge is -2.15. The van der Waals surface area contributed by atoms with Crippen LogP contribution in [0.15, 0.2) is 0 Å². The summed E-state index contributed by atoms with van der Waals surface area (Å²) in [6.45, 7) is -1.80. The van der Waals surface area contributed by atoms with Crippen LogP contribution in [0.25, 0.3) is 0 Å². The summed E-state index contributed by atoms with van der Waals surface area (Å²) in [6, 6.07) is 0. The van der Waals surface area contributed by atoms with Gasteiger partial charge in [0.25, 0.3) is 0 Å². The third kappa shape index (κ3) is 2.07. The Balaban J connectivity index is 2.34. The van der Waals surface area contributed by atoms with E-state index in [0.29, 0.717) is 0 Å². The van der Waals surface area contributed by atoms with Gasteiger partial charge in [-0.15, -0.1) is 0 Å². The SMILES string of the molecule is O=S(=O)(O)C1(OC2(S(=O)(=O)O)OC2CO)OC1CO. The van der Waals surface area contributed by atoms with E-state index in [4.69, 9.17) is 19.3 Å². The van der Waals surface area contributed by atoms with Gasteiger partial charge in [-0.05, 0) is 0 Å². The summed E-state index contributed by atoms with van der Waals surface area (Å²) < 4.78 is 75.7. The van der Waals surface area contributed by atoms with Crippen LogP contribution in [0.1, 0.15) is 0 Å². The molecule has 0 aromatic rings. The second kappa shape index (κ2) is 4.06. The smallest absolute Gasteiger partial charge is 0.333 e. The highest BCUT2D eigenvalue weighted by Crippen LogP contribution is 2.52. The molecule has 2 heterocycles. The molecular weight excluding hydrogens is 312 g/mol. The molecule has 2 aliphatic heterocycles. The third-order valence-corrected chi connectivity index (χ3v) is 4.95. The first-order valence-corrected chi connectivity index (χ1v) is 7.63. The lowest BCUT2D eigenvalue weighted by atomic mass is 10.4. The van der Waals surface area contributed by atoms with Gasteiger partial charge in [0.15, 0.2) is 12.2 Å². The molecule has 0 aliphatic carbocycles. The average molecular weight is 322 g/mol. The fraction of sp³-hybridized carbons (Fsp3) is 1.00. The van der Waals surface area contributed by atoms with Crippen molar-refractivity contribution < 1.29 is 50.4 Å². The standard InChI is InChI=1S/C6H10O11S2/c7-1-3-5(15-3,18(9,10)11)17-6(19(12,13)14)4(2-8)16-6/h3-4,7-8H,1-2H2,(H,9,10,11)(H,12,13,14). The van der Waals surface area contributed by atoms with E-state index in [-0.39, 0.29) is 0 Å². The van der Waals surface area contributed by atoms with Crippen LogP contribution in [-0.4, -0.2) is 71.8 Å². The second-order valence-corrected chi connectivity index (χ2v) is 6.88. The van der Waals surface area contributed by atoms with Gasteiger partial charge in [-0.2, -0.15) is 16.8 Å². The van der Waals surface area contributed by atoms with Crippen LogP contribution in [0.5, 0.6) is 0 Å². The van der Waals surface area contributed by atoms with Crippen LogP contribution >= 0.6 is 0 Å². The maximum Gasteiger partial charge on any atom is 0.333 e.